The van der Waals surface area contributed by atoms with Gasteiger partial charge in [0.25, 0.3) is 10.0 Å². The number of ether oxygens (including phenoxy) is 1. The largest absolute Gasteiger partial charge is 0.495 e. The van der Waals surface area contributed by atoms with Crippen molar-refractivity contribution >= 4 is 15.7 Å². The van der Waals surface area contributed by atoms with Crippen molar-refractivity contribution in [2.75, 3.05) is 11.8 Å². The summed E-state index contributed by atoms with van der Waals surface area (Å²) in [4.78, 5) is 3.97. The number of anilines is 1. The van der Waals surface area contributed by atoms with Gasteiger partial charge in [-0.25, -0.2) is 8.42 Å². The summed E-state index contributed by atoms with van der Waals surface area (Å²) < 4.78 is 32.7. The minimum absolute atomic E-state index is 0.0520. The molecular formula is C14H17N3O3S. The van der Waals surface area contributed by atoms with E-state index in [1.807, 2.05) is 0 Å². The van der Waals surface area contributed by atoms with Crippen LogP contribution in [0.3, 0.4) is 0 Å². The van der Waals surface area contributed by atoms with E-state index >= 15 is 0 Å². The van der Waals surface area contributed by atoms with Crippen molar-refractivity contribution in [1.82, 2.24) is 4.98 Å². The fourth-order valence-electron chi connectivity index (χ4n) is 1.83. The fourth-order valence-corrected chi connectivity index (χ4v) is 3.16. The number of hydrogen-bond donors (Lipinski definition) is 2. The van der Waals surface area contributed by atoms with Crippen LogP contribution in [0.15, 0.2) is 41.6 Å². The molecule has 0 aliphatic carbocycles. The number of sulfonamides is 1. The molecule has 0 aliphatic heterocycles. The smallest absolute Gasteiger partial charge is 0.265 e. The third-order valence-corrected chi connectivity index (χ3v) is 4.42. The number of nitrogens with zero attached hydrogens (tertiary/aromatic N) is 1. The van der Waals surface area contributed by atoms with Gasteiger partial charge < -0.3 is 10.5 Å². The SMILES string of the molecule is COc1ccc(CN)cc1S(=O)(=O)Nc1cnccc1C. The number of benzene rings is 1. The van der Waals surface area contributed by atoms with Gasteiger partial charge in [-0.3, -0.25) is 9.71 Å². The molecule has 1 aromatic heterocycles. The molecule has 0 radical (unpaired) electrons. The monoisotopic (exact) mass is 307 g/mol. The van der Waals surface area contributed by atoms with E-state index < -0.39 is 10.0 Å². The zero-order chi connectivity index (χ0) is 15.5. The van der Waals surface area contributed by atoms with E-state index in [1.165, 1.54) is 19.4 Å². The Bertz CT molecular complexity index is 745. The lowest BCUT2D eigenvalue weighted by molar-refractivity contribution is 0.402. The number of aryl methyl sites for hydroxylation is 1. The summed E-state index contributed by atoms with van der Waals surface area (Å²) in [5, 5.41) is 0. The van der Waals surface area contributed by atoms with Gasteiger partial charge in [0.05, 0.1) is 19.0 Å². The number of nitrogens with two attached hydrogens (primary N) is 1. The van der Waals surface area contributed by atoms with Gasteiger partial charge in [-0.15, -0.1) is 0 Å². The highest BCUT2D eigenvalue weighted by Crippen LogP contribution is 2.27. The third kappa shape index (κ3) is 3.32. The lowest BCUT2D eigenvalue weighted by Gasteiger charge is -2.13. The summed E-state index contributed by atoms with van der Waals surface area (Å²) in [7, 11) is -2.36. The van der Waals surface area contributed by atoms with Crippen LogP contribution in [0.4, 0.5) is 5.69 Å². The van der Waals surface area contributed by atoms with E-state index in [0.29, 0.717) is 11.3 Å². The normalized spacial score (nSPS) is 11.2. The Morgan fingerprint density at radius 1 is 1.33 bits per heavy atom. The zero-order valence-electron chi connectivity index (χ0n) is 11.8. The topological polar surface area (TPSA) is 94.3 Å². The molecule has 6 nitrogen and oxygen atoms in total. The maximum Gasteiger partial charge on any atom is 0.265 e. The predicted octanol–water partition coefficient (Wildman–Crippen LogP) is 1.66. The molecule has 21 heavy (non-hydrogen) atoms. The quantitative estimate of drug-likeness (QED) is 0.876. The molecule has 0 saturated heterocycles. The van der Waals surface area contributed by atoms with Gasteiger partial charge >= 0.3 is 0 Å². The first-order chi connectivity index (χ1) is 9.97. The van der Waals surface area contributed by atoms with Gasteiger partial charge in [-0.05, 0) is 36.2 Å². The molecular weight excluding hydrogens is 290 g/mol. The maximum atomic E-state index is 12.5. The molecule has 1 aromatic carbocycles. The standard InChI is InChI=1S/C14H17N3O3S/c1-10-5-6-16-9-12(10)17-21(18,19)14-7-11(8-15)3-4-13(14)20-2/h3-7,9,17H,8,15H2,1-2H3. The van der Waals surface area contributed by atoms with Gasteiger partial charge in [-0.1, -0.05) is 6.07 Å². The summed E-state index contributed by atoms with van der Waals surface area (Å²) in [6.45, 7) is 2.05. The summed E-state index contributed by atoms with van der Waals surface area (Å²) in [6.07, 6.45) is 3.06. The van der Waals surface area contributed by atoms with E-state index in [2.05, 4.69) is 9.71 Å². The molecule has 0 fully saturated rings. The number of aromatic nitrogens is 1. The van der Waals surface area contributed by atoms with Gasteiger partial charge in [0, 0.05) is 12.7 Å². The van der Waals surface area contributed by atoms with Crippen LogP contribution < -0.4 is 15.2 Å². The molecule has 112 valence electrons. The Morgan fingerprint density at radius 2 is 2.10 bits per heavy atom. The van der Waals surface area contributed by atoms with Crippen LogP contribution in [0, 0.1) is 6.92 Å². The molecule has 0 atom stereocenters. The van der Waals surface area contributed by atoms with Crippen LogP contribution in [0.5, 0.6) is 5.75 Å². The molecule has 3 N–H and O–H groups in total. The van der Waals surface area contributed by atoms with Crippen LogP contribution in [0.1, 0.15) is 11.1 Å². The van der Waals surface area contributed by atoms with E-state index in [4.69, 9.17) is 10.5 Å². The molecule has 0 saturated carbocycles. The molecule has 0 bridgehead atoms. The van der Waals surface area contributed by atoms with E-state index in [-0.39, 0.29) is 17.2 Å². The van der Waals surface area contributed by atoms with Crippen LogP contribution >= 0.6 is 0 Å². The second-order valence-corrected chi connectivity index (χ2v) is 6.14. The Morgan fingerprint density at radius 3 is 2.71 bits per heavy atom. The number of pyridine rings is 1. The molecule has 0 aliphatic rings. The highest BCUT2D eigenvalue weighted by molar-refractivity contribution is 7.92. The van der Waals surface area contributed by atoms with Crippen LogP contribution in [0.2, 0.25) is 0 Å². The van der Waals surface area contributed by atoms with E-state index in [9.17, 15) is 8.42 Å². The summed E-state index contributed by atoms with van der Waals surface area (Å²) >= 11 is 0. The highest BCUT2D eigenvalue weighted by Gasteiger charge is 2.20. The average molecular weight is 307 g/mol. The minimum atomic E-state index is -3.78. The second-order valence-electron chi connectivity index (χ2n) is 4.49. The van der Waals surface area contributed by atoms with Crippen molar-refractivity contribution in [3.63, 3.8) is 0 Å². The first-order valence-electron chi connectivity index (χ1n) is 6.28. The molecule has 2 aromatic rings. The van der Waals surface area contributed by atoms with Crippen molar-refractivity contribution in [3.8, 4) is 5.75 Å². The Kier molecular flexibility index (Phi) is 4.44. The van der Waals surface area contributed by atoms with Gasteiger partial charge in [0.15, 0.2) is 0 Å². The summed E-state index contributed by atoms with van der Waals surface area (Å²) in [6, 6.07) is 6.55. The lowest BCUT2D eigenvalue weighted by Crippen LogP contribution is -2.15. The van der Waals surface area contributed by atoms with Gasteiger partial charge in [-0.2, -0.15) is 0 Å². The van der Waals surface area contributed by atoms with Crippen LogP contribution in [0.25, 0.3) is 0 Å². The average Bonchev–Trinajstić information content (AvgIpc) is 2.48. The number of hydrogen-bond acceptors (Lipinski definition) is 5. The summed E-state index contributed by atoms with van der Waals surface area (Å²) in [5.41, 5.74) is 7.48. The number of rotatable bonds is 5. The fraction of sp³-hybridized carbons (Fsp3) is 0.214. The minimum Gasteiger partial charge on any atom is -0.495 e. The molecule has 2 rings (SSSR count). The maximum absolute atomic E-state index is 12.5. The number of methoxy groups -OCH3 is 1. The van der Waals surface area contributed by atoms with E-state index in [1.54, 1.807) is 31.3 Å². The highest BCUT2D eigenvalue weighted by atomic mass is 32.2. The van der Waals surface area contributed by atoms with Crippen molar-refractivity contribution in [3.05, 3.63) is 47.8 Å². The van der Waals surface area contributed by atoms with Crippen LogP contribution in [-0.2, 0) is 16.6 Å². The second kappa shape index (κ2) is 6.11. The zero-order valence-corrected chi connectivity index (χ0v) is 12.6. The van der Waals surface area contributed by atoms with Crippen molar-refractivity contribution in [1.29, 1.82) is 0 Å². The lowest BCUT2D eigenvalue weighted by atomic mass is 10.2. The molecule has 0 amide bonds. The van der Waals surface area contributed by atoms with Crippen molar-refractivity contribution in [2.24, 2.45) is 5.73 Å². The van der Waals surface area contributed by atoms with Crippen molar-refractivity contribution < 1.29 is 13.2 Å². The van der Waals surface area contributed by atoms with Gasteiger partial charge in [0.1, 0.15) is 10.6 Å². The van der Waals surface area contributed by atoms with Gasteiger partial charge in [0.2, 0.25) is 0 Å². The van der Waals surface area contributed by atoms with Crippen LogP contribution in [-0.4, -0.2) is 20.5 Å². The van der Waals surface area contributed by atoms with Crippen molar-refractivity contribution in [2.45, 2.75) is 18.4 Å². The molecule has 0 unspecified atom stereocenters. The predicted molar refractivity (Wildman–Crippen MR) is 80.7 cm³/mol. The Labute approximate surface area is 124 Å². The first kappa shape index (κ1) is 15.3. The Balaban J connectivity index is 2.46. The third-order valence-electron chi connectivity index (χ3n) is 3.04. The Hall–Kier alpha value is -2.12. The molecule has 0 spiro atoms. The summed E-state index contributed by atoms with van der Waals surface area (Å²) in [5.74, 6) is 0.265. The molecule has 7 heteroatoms. The van der Waals surface area contributed by atoms with E-state index in [0.717, 1.165) is 5.56 Å². The molecule has 1 heterocycles. The number of nitrogens with one attached hydrogen (secondary N) is 1. The first-order valence-corrected chi connectivity index (χ1v) is 7.76.